The zero-order valence-electron chi connectivity index (χ0n) is 9.83. The van der Waals surface area contributed by atoms with E-state index in [1.165, 1.54) is 29.7 Å². The average Bonchev–Trinajstić information content (AvgIpc) is 2.89. The maximum absolute atomic E-state index is 12.0. The highest BCUT2D eigenvalue weighted by Crippen LogP contribution is 2.17. The molecule has 2 rings (SSSR count). The van der Waals surface area contributed by atoms with Crippen molar-refractivity contribution < 1.29 is 8.42 Å². The third-order valence-electron chi connectivity index (χ3n) is 2.15. The van der Waals surface area contributed by atoms with Crippen LogP contribution in [0.25, 0.3) is 0 Å². The molecule has 2 aromatic rings. The summed E-state index contributed by atoms with van der Waals surface area (Å²) in [5.41, 5.74) is 5.99. The van der Waals surface area contributed by atoms with Gasteiger partial charge in [-0.2, -0.15) is 0 Å². The van der Waals surface area contributed by atoms with E-state index in [0.29, 0.717) is 5.13 Å². The molecule has 0 amide bonds. The molecule has 7 heteroatoms. The Hall–Kier alpha value is -1.88. The number of sulfonamides is 1. The minimum Gasteiger partial charge on any atom is -0.320 e. The SMILES string of the molecule is NCC#Cc1ccc(S(=O)(=O)Nc2nccs2)cc1. The number of benzene rings is 1. The Labute approximate surface area is 115 Å². The van der Waals surface area contributed by atoms with Gasteiger partial charge >= 0.3 is 0 Å². The molecule has 19 heavy (non-hydrogen) atoms. The molecule has 98 valence electrons. The Morgan fingerprint density at radius 2 is 2.05 bits per heavy atom. The number of nitrogens with one attached hydrogen (secondary N) is 1. The van der Waals surface area contributed by atoms with Gasteiger partial charge in [-0.25, -0.2) is 13.4 Å². The second kappa shape index (κ2) is 5.84. The summed E-state index contributed by atoms with van der Waals surface area (Å²) in [6.45, 7) is 0.269. The van der Waals surface area contributed by atoms with Crippen LogP contribution in [-0.2, 0) is 10.0 Å². The third kappa shape index (κ3) is 3.54. The van der Waals surface area contributed by atoms with Gasteiger partial charge in [0.1, 0.15) is 0 Å². The zero-order chi connectivity index (χ0) is 13.7. The molecule has 5 nitrogen and oxygen atoms in total. The van der Waals surface area contributed by atoms with Gasteiger partial charge in [-0.05, 0) is 24.3 Å². The highest BCUT2D eigenvalue weighted by atomic mass is 32.2. The first kappa shape index (κ1) is 13.5. The first-order valence-corrected chi connectivity index (χ1v) is 7.69. The highest BCUT2D eigenvalue weighted by molar-refractivity contribution is 7.93. The normalized spacial score (nSPS) is 10.6. The van der Waals surface area contributed by atoms with Gasteiger partial charge in [0.05, 0.1) is 11.4 Å². The molecule has 0 saturated carbocycles. The van der Waals surface area contributed by atoms with Gasteiger partial charge in [0.15, 0.2) is 5.13 Å². The standard InChI is InChI=1S/C12H11N3O2S2/c13-7-1-2-10-3-5-11(6-4-10)19(16,17)15-12-14-8-9-18-12/h3-6,8-9H,7,13H2,(H,14,15). The molecule has 0 aliphatic rings. The fraction of sp³-hybridized carbons (Fsp3) is 0.0833. The van der Waals surface area contributed by atoms with Crippen LogP contribution in [0.15, 0.2) is 40.7 Å². The molecule has 1 aromatic carbocycles. The van der Waals surface area contributed by atoms with Crippen LogP contribution in [0.1, 0.15) is 5.56 Å². The number of hydrogen-bond donors (Lipinski definition) is 2. The molecule has 1 aromatic heterocycles. The predicted molar refractivity (Wildman–Crippen MR) is 75.3 cm³/mol. The molecule has 0 saturated heterocycles. The summed E-state index contributed by atoms with van der Waals surface area (Å²) in [5, 5.41) is 2.04. The maximum Gasteiger partial charge on any atom is 0.263 e. The van der Waals surface area contributed by atoms with E-state index < -0.39 is 10.0 Å². The summed E-state index contributed by atoms with van der Waals surface area (Å²) >= 11 is 1.22. The summed E-state index contributed by atoms with van der Waals surface area (Å²) < 4.78 is 26.4. The molecule has 1 heterocycles. The Morgan fingerprint density at radius 3 is 2.63 bits per heavy atom. The van der Waals surface area contributed by atoms with Crippen molar-refractivity contribution in [3.8, 4) is 11.8 Å². The molecule has 0 aliphatic heterocycles. The summed E-state index contributed by atoms with van der Waals surface area (Å²) in [6.07, 6.45) is 1.54. The molecule has 0 fully saturated rings. The van der Waals surface area contributed by atoms with Crippen LogP contribution in [0, 0.1) is 11.8 Å². The van der Waals surface area contributed by atoms with Crippen molar-refractivity contribution in [2.45, 2.75) is 4.90 Å². The Balaban J connectivity index is 2.21. The third-order valence-corrected chi connectivity index (χ3v) is 4.33. The summed E-state index contributed by atoms with van der Waals surface area (Å²) in [7, 11) is -3.60. The van der Waals surface area contributed by atoms with Gasteiger partial charge < -0.3 is 5.73 Å². The van der Waals surface area contributed by atoms with Crippen LogP contribution in [0.4, 0.5) is 5.13 Å². The first-order valence-electron chi connectivity index (χ1n) is 5.33. The van der Waals surface area contributed by atoms with Gasteiger partial charge in [-0.15, -0.1) is 11.3 Å². The van der Waals surface area contributed by atoms with E-state index >= 15 is 0 Å². The molecule has 0 radical (unpaired) electrons. The molecular formula is C12H11N3O2S2. The van der Waals surface area contributed by atoms with E-state index in [2.05, 4.69) is 21.5 Å². The number of thiazole rings is 1. The highest BCUT2D eigenvalue weighted by Gasteiger charge is 2.14. The number of anilines is 1. The van der Waals surface area contributed by atoms with Crippen LogP contribution in [-0.4, -0.2) is 19.9 Å². The monoisotopic (exact) mass is 293 g/mol. The lowest BCUT2D eigenvalue weighted by Crippen LogP contribution is -2.12. The quantitative estimate of drug-likeness (QED) is 0.834. The largest absolute Gasteiger partial charge is 0.320 e. The van der Waals surface area contributed by atoms with E-state index in [1.54, 1.807) is 17.5 Å². The second-order valence-corrected chi connectivity index (χ2v) is 6.05. The average molecular weight is 293 g/mol. The molecule has 0 atom stereocenters. The van der Waals surface area contributed by atoms with Gasteiger partial charge in [-0.1, -0.05) is 11.8 Å². The molecule has 0 unspecified atom stereocenters. The number of rotatable bonds is 3. The van der Waals surface area contributed by atoms with Gasteiger partial charge in [0.25, 0.3) is 10.0 Å². The second-order valence-electron chi connectivity index (χ2n) is 3.47. The first-order chi connectivity index (χ1) is 9.12. The van der Waals surface area contributed by atoms with Gasteiger partial charge in [0.2, 0.25) is 0 Å². The number of hydrogen-bond acceptors (Lipinski definition) is 5. The Kier molecular flexibility index (Phi) is 4.16. The fourth-order valence-electron chi connectivity index (χ4n) is 1.32. The lowest BCUT2D eigenvalue weighted by molar-refractivity contribution is 0.601. The molecule has 0 bridgehead atoms. The Morgan fingerprint density at radius 1 is 1.32 bits per heavy atom. The molecule has 3 N–H and O–H groups in total. The van der Waals surface area contributed by atoms with Crippen molar-refractivity contribution in [3.05, 3.63) is 41.4 Å². The van der Waals surface area contributed by atoms with Gasteiger partial charge in [0, 0.05) is 17.1 Å². The van der Waals surface area contributed by atoms with Crippen LogP contribution >= 0.6 is 11.3 Å². The maximum atomic E-state index is 12.0. The molecular weight excluding hydrogens is 282 g/mol. The summed E-state index contributed by atoms with van der Waals surface area (Å²) in [6, 6.07) is 6.27. The van der Waals surface area contributed by atoms with Crippen LogP contribution in [0.5, 0.6) is 0 Å². The van der Waals surface area contributed by atoms with E-state index in [-0.39, 0.29) is 11.4 Å². The number of nitrogens with zero attached hydrogens (tertiary/aromatic N) is 1. The number of aromatic nitrogens is 1. The Bertz CT molecular complexity index is 696. The van der Waals surface area contributed by atoms with Crippen molar-refractivity contribution in [1.29, 1.82) is 0 Å². The van der Waals surface area contributed by atoms with E-state index in [9.17, 15) is 8.42 Å². The van der Waals surface area contributed by atoms with Crippen LogP contribution < -0.4 is 10.5 Å². The van der Waals surface area contributed by atoms with E-state index in [1.807, 2.05) is 0 Å². The predicted octanol–water partition coefficient (Wildman–Crippen LogP) is 1.25. The minimum atomic E-state index is -3.60. The van der Waals surface area contributed by atoms with E-state index in [4.69, 9.17) is 5.73 Å². The summed E-state index contributed by atoms with van der Waals surface area (Å²) in [4.78, 5) is 4.04. The van der Waals surface area contributed by atoms with Crippen molar-refractivity contribution in [2.75, 3.05) is 11.3 Å². The van der Waals surface area contributed by atoms with E-state index in [0.717, 1.165) is 5.56 Å². The summed E-state index contributed by atoms with van der Waals surface area (Å²) in [5.74, 6) is 5.53. The lowest BCUT2D eigenvalue weighted by atomic mass is 10.2. The van der Waals surface area contributed by atoms with Crippen molar-refractivity contribution in [3.63, 3.8) is 0 Å². The molecule has 0 aliphatic carbocycles. The van der Waals surface area contributed by atoms with Crippen LogP contribution in [0.2, 0.25) is 0 Å². The van der Waals surface area contributed by atoms with Gasteiger partial charge in [-0.3, -0.25) is 4.72 Å². The number of nitrogens with two attached hydrogens (primary N) is 1. The topological polar surface area (TPSA) is 85.1 Å². The smallest absolute Gasteiger partial charge is 0.263 e. The molecule has 0 spiro atoms. The van der Waals surface area contributed by atoms with Crippen molar-refractivity contribution >= 4 is 26.5 Å². The van der Waals surface area contributed by atoms with Crippen molar-refractivity contribution in [1.82, 2.24) is 4.98 Å². The minimum absolute atomic E-state index is 0.168. The lowest BCUT2D eigenvalue weighted by Gasteiger charge is -2.04. The fourth-order valence-corrected chi connectivity index (χ4v) is 3.11. The van der Waals surface area contributed by atoms with Crippen molar-refractivity contribution in [2.24, 2.45) is 5.73 Å². The zero-order valence-corrected chi connectivity index (χ0v) is 11.5. The van der Waals surface area contributed by atoms with Crippen LogP contribution in [0.3, 0.4) is 0 Å².